The molecule has 0 aliphatic carbocycles. The number of hydrogen-bond acceptors (Lipinski definition) is 3. The number of halogens is 3. The zero-order chi connectivity index (χ0) is 12.9. The molecule has 17 heavy (non-hydrogen) atoms. The third-order valence-electron chi connectivity index (χ3n) is 2.17. The number of aliphatic hydroxyl groups is 1. The lowest BCUT2D eigenvalue weighted by Crippen LogP contribution is -2.25. The minimum absolute atomic E-state index is 0.0599. The summed E-state index contributed by atoms with van der Waals surface area (Å²) in [5, 5.41) is 20.0. The Morgan fingerprint density at radius 2 is 2.00 bits per heavy atom. The summed E-state index contributed by atoms with van der Waals surface area (Å²) in [5.74, 6) is 0. The van der Waals surface area contributed by atoms with Gasteiger partial charge in [-0.25, -0.2) is 0 Å². The lowest BCUT2D eigenvalue weighted by Gasteiger charge is -2.17. The summed E-state index contributed by atoms with van der Waals surface area (Å²) in [7, 11) is 0. The SMILES string of the molecule is N#CC(NCCO)c1ccccc1C(F)(F)F. The van der Waals surface area contributed by atoms with Crippen LogP contribution in [0.3, 0.4) is 0 Å². The highest BCUT2D eigenvalue weighted by Crippen LogP contribution is 2.34. The van der Waals surface area contributed by atoms with Crippen LogP contribution < -0.4 is 5.32 Å². The van der Waals surface area contributed by atoms with E-state index in [9.17, 15) is 13.2 Å². The van der Waals surface area contributed by atoms with E-state index in [1.807, 2.05) is 0 Å². The van der Waals surface area contributed by atoms with Gasteiger partial charge >= 0.3 is 6.18 Å². The minimum atomic E-state index is -4.49. The van der Waals surface area contributed by atoms with Gasteiger partial charge in [0.05, 0.1) is 18.2 Å². The van der Waals surface area contributed by atoms with E-state index >= 15 is 0 Å². The normalized spacial score (nSPS) is 13.1. The molecular weight excluding hydrogens is 233 g/mol. The van der Waals surface area contributed by atoms with Gasteiger partial charge in [0, 0.05) is 6.54 Å². The van der Waals surface area contributed by atoms with Crippen molar-refractivity contribution in [2.24, 2.45) is 0 Å². The molecule has 0 saturated heterocycles. The lowest BCUT2D eigenvalue weighted by atomic mass is 10.0. The van der Waals surface area contributed by atoms with Gasteiger partial charge in [0.1, 0.15) is 6.04 Å². The molecule has 1 rings (SSSR count). The molecule has 0 aromatic heterocycles. The fourth-order valence-electron chi connectivity index (χ4n) is 1.44. The van der Waals surface area contributed by atoms with Gasteiger partial charge in [-0.1, -0.05) is 18.2 Å². The van der Waals surface area contributed by atoms with E-state index in [4.69, 9.17) is 10.4 Å². The van der Waals surface area contributed by atoms with Crippen molar-refractivity contribution in [2.45, 2.75) is 12.2 Å². The van der Waals surface area contributed by atoms with E-state index in [2.05, 4.69) is 5.32 Å². The van der Waals surface area contributed by atoms with Crippen LogP contribution in [0.4, 0.5) is 13.2 Å². The molecule has 2 N–H and O–H groups in total. The number of aliphatic hydroxyl groups excluding tert-OH is 1. The van der Waals surface area contributed by atoms with E-state index in [1.165, 1.54) is 18.2 Å². The summed E-state index contributed by atoms with van der Waals surface area (Å²) < 4.78 is 38.0. The summed E-state index contributed by atoms with van der Waals surface area (Å²) in [6, 6.07) is 5.55. The molecule has 0 saturated carbocycles. The van der Waals surface area contributed by atoms with Crippen LogP contribution in [0.1, 0.15) is 17.2 Å². The highest BCUT2D eigenvalue weighted by molar-refractivity contribution is 5.35. The number of nitrogens with zero attached hydrogens (tertiary/aromatic N) is 1. The Hall–Kier alpha value is -1.58. The van der Waals surface area contributed by atoms with Gasteiger partial charge in [-0.05, 0) is 11.6 Å². The van der Waals surface area contributed by atoms with Crippen LogP contribution >= 0.6 is 0 Å². The van der Waals surface area contributed by atoms with Gasteiger partial charge < -0.3 is 5.11 Å². The molecule has 1 aromatic rings. The van der Waals surface area contributed by atoms with Crippen molar-refractivity contribution < 1.29 is 18.3 Å². The number of rotatable bonds is 4. The summed E-state index contributed by atoms with van der Waals surface area (Å²) >= 11 is 0. The number of hydrogen-bond donors (Lipinski definition) is 2. The maximum Gasteiger partial charge on any atom is 0.416 e. The Bertz CT molecular complexity index is 412. The maximum atomic E-state index is 12.7. The Morgan fingerprint density at radius 1 is 1.35 bits per heavy atom. The van der Waals surface area contributed by atoms with E-state index in [0.717, 1.165) is 6.07 Å². The van der Waals surface area contributed by atoms with Gasteiger partial charge in [0.2, 0.25) is 0 Å². The van der Waals surface area contributed by atoms with Crippen molar-refractivity contribution >= 4 is 0 Å². The zero-order valence-corrected chi connectivity index (χ0v) is 8.83. The zero-order valence-electron chi connectivity index (χ0n) is 8.83. The number of alkyl halides is 3. The predicted octanol–water partition coefficient (Wildman–Crippen LogP) is 1.85. The monoisotopic (exact) mass is 244 g/mol. The van der Waals surface area contributed by atoms with Crippen molar-refractivity contribution in [2.75, 3.05) is 13.2 Å². The Labute approximate surface area is 96.5 Å². The predicted molar refractivity (Wildman–Crippen MR) is 54.9 cm³/mol. The van der Waals surface area contributed by atoms with Crippen molar-refractivity contribution in [3.05, 3.63) is 35.4 Å². The molecule has 1 unspecified atom stereocenters. The maximum absolute atomic E-state index is 12.7. The smallest absolute Gasteiger partial charge is 0.395 e. The average Bonchev–Trinajstić information content (AvgIpc) is 2.29. The van der Waals surface area contributed by atoms with Crippen LogP contribution in [-0.2, 0) is 6.18 Å². The molecular formula is C11H11F3N2O. The standard InChI is InChI=1S/C11H11F3N2O/c12-11(13,14)9-4-2-1-3-8(9)10(7-15)16-5-6-17/h1-4,10,16-17H,5-6H2. The van der Waals surface area contributed by atoms with Crippen molar-refractivity contribution in [3.8, 4) is 6.07 Å². The van der Waals surface area contributed by atoms with E-state index in [0.29, 0.717) is 0 Å². The fourth-order valence-corrected chi connectivity index (χ4v) is 1.44. The number of nitriles is 1. The van der Waals surface area contributed by atoms with Crippen LogP contribution in [-0.4, -0.2) is 18.3 Å². The lowest BCUT2D eigenvalue weighted by molar-refractivity contribution is -0.138. The molecule has 0 fully saturated rings. The molecule has 1 atom stereocenters. The van der Waals surface area contributed by atoms with Gasteiger partial charge in [-0.3, -0.25) is 5.32 Å². The minimum Gasteiger partial charge on any atom is -0.395 e. The molecule has 0 bridgehead atoms. The fraction of sp³-hybridized carbons (Fsp3) is 0.364. The van der Waals surface area contributed by atoms with Gasteiger partial charge in [-0.15, -0.1) is 0 Å². The van der Waals surface area contributed by atoms with E-state index in [-0.39, 0.29) is 18.7 Å². The second kappa shape index (κ2) is 5.66. The van der Waals surface area contributed by atoms with E-state index < -0.39 is 17.8 Å². The van der Waals surface area contributed by atoms with Crippen LogP contribution in [0.5, 0.6) is 0 Å². The van der Waals surface area contributed by atoms with E-state index in [1.54, 1.807) is 6.07 Å². The first-order valence-corrected chi connectivity index (χ1v) is 4.90. The number of benzene rings is 1. The quantitative estimate of drug-likeness (QED) is 0.849. The molecule has 3 nitrogen and oxygen atoms in total. The van der Waals surface area contributed by atoms with Gasteiger partial charge in [0.25, 0.3) is 0 Å². The first kappa shape index (κ1) is 13.5. The first-order chi connectivity index (χ1) is 8.00. The third kappa shape index (κ3) is 3.44. The molecule has 1 aromatic carbocycles. The Kier molecular flexibility index (Phi) is 4.49. The molecule has 0 radical (unpaired) electrons. The summed E-state index contributed by atoms with van der Waals surface area (Å²) in [6.07, 6.45) is -4.49. The van der Waals surface area contributed by atoms with Crippen molar-refractivity contribution in [1.29, 1.82) is 5.26 Å². The molecule has 0 aliphatic rings. The van der Waals surface area contributed by atoms with Crippen LogP contribution in [0.2, 0.25) is 0 Å². The number of nitrogens with one attached hydrogen (secondary N) is 1. The van der Waals surface area contributed by atoms with Crippen LogP contribution in [0.25, 0.3) is 0 Å². The third-order valence-corrected chi connectivity index (χ3v) is 2.17. The molecule has 0 spiro atoms. The first-order valence-electron chi connectivity index (χ1n) is 4.90. The molecule has 0 amide bonds. The van der Waals surface area contributed by atoms with Crippen LogP contribution in [0, 0.1) is 11.3 Å². The highest BCUT2D eigenvalue weighted by Gasteiger charge is 2.34. The average molecular weight is 244 g/mol. The van der Waals surface area contributed by atoms with Gasteiger partial charge in [-0.2, -0.15) is 18.4 Å². The Morgan fingerprint density at radius 3 is 2.53 bits per heavy atom. The second-order valence-electron chi connectivity index (χ2n) is 3.32. The molecule has 92 valence electrons. The molecule has 0 aliphatic heterocycles. The Balaban J connectivity index is 3.08. The van der Waals surface area contributed by atoms with Gasteiger partial charge in [0.15, 0.2) is 0 Å². The molecule has 6 heteroatoms. The summed E-state index contributed by atoms with van der Waals surface area (Å²) in [4.78, 5) is 0. The highest BCUT2D eigenvalue weighted by atomic mass is 19.4. The molecule has 0 heterocycles. The van der Waals surface area contributed by atoms with Crippen LogP contribution in [0.15, 0.2) is 24.3 Å². The summed E-state index contributed by atoms with van der Waals surface area (Å²) in [5.41, 5.74) is -0.965. The largest absolute Gasteiger partial charge is 0.416 e. The van der Waals surface area contributed by atoms with Crippen molar-refractivity contribution in [1.82, 2.24) is 5.32 Å². The topological polar surface area (TPSA) is 56.0 Å². The second-order valence-corrected chi connectivity index (χ2v) is 3.32. The van der Waals surface area contributed by atoms with Crippen molar-refractivity contribution in [3.63, 3.8) is 0 Å². The summed E-state index contributed by atoms with van der Waals surface area (Å²) in [6.45, 7) is -0.184.